The number of aromatic nitrogens is 2. The molecule has 0 saturated heterocycles. The van der Waals surface area contributed by atoms with Gasteiger partial charge >= 0.3 is 0 Å². The van der Waals surface area contributed by atoms with Gasteiger partial charge in [0.1, 0.15) is 6.61 Å². The van der Waals surface area contributed by atoms with Crippen molar-refractivity contribution in [2.75, 3.05) is 20.3 Å². The largest absolute Gasteiger partial charge is 0.488 e. The van der Waals surface area contributed by atoms with E-state index >= 15 is 0 Å². The number of nitrogens with one attached hydrogen (secondary N) is 1. The summed E-state index contributed by atoms with van der Waals surface area (Å²) in [5, 5.41) is 18.4. The maximum atomic E-state index is 13.7. The Morgan fingerprint density at radius 3 is 3.06 bits per heavy atom. The summed E-state index contributed by atoms with van der Waals surface area (Å²) in [6.07, 6.45) is 1.15. The second kappa shape index (κ2) is 5.46. The molecule has 0 saturated carbocycles. The topological polar surface area (TPSA) is 79.7 Å². The molecule has 0 unspecified atom stereocenters. The number of hydrogen-bond acceptors (Lipinski definition) is 5. The van der Waals surface area contributed by atoms with E-state index in [1.165, 1.54) is 19.2 Å². The third-order valence-corrected chi connectivity index (χ3v) is 2.37. The van der Waals surface area contributed by atoms with E-state index in [0.717, 1.165) is 6.21 Å². The van der Waals surface area contributed by atoms with Gasteiger partial charge in [-0.05, 0) is 6.07 Å². The Balaban J connectivity index is 2.32. The quantitative estimate of drug-likeness (QED) is 0.366. The van der Waals surface area contributed by atoms with Gasteiger partial charge in [-0.1, -0.05) is 5.16 Å². The summed E-state index contributed by atoms with van der Waals surface area (Å²) < 4.78 is 23.8. The van der Waals surface area contributed by atoms with Crippen LogP contribution < -0.4 is 4.74 Å². The van der Waals surface area contributed by atoms with Crippen LogP contribution in [-0.4, -0.2) is 41.9 Å². The Hall–Kier alpha value is -2.15. The lowest BCUT2D eigenvalue weighted by molar-refractivity contribution is 0.144. The fourth-order valence-corrected chi connectivity index (χ4v) is 1.53. The number of rotatable bonds is 5. The van der Waals surface area contributed by atoms with Gasteiger partial charge in [-0.3, -0.25) is 5.10 Å². The standard InChI is InChI=1S/C11H12FN3O3/c1-17-2-3-18-11-5-9-7(4-8(11)12)10(6-13-16)15-14-9/h4-6,16H,2-3H2,1H3,(H,14,15)/b13-6+. The first kappa shape index (κ1) is 12.3. The predicted molar refractivity (Wildman–Crippen MR) is 62.8 cm³/mol. The first-order valence-corrected chi connectivity index (χ1v) is 5.23. The molecule has 7 heteroatoms. The number of methoxy groups -OCH3 is 1. The highest BCUT2D eigenvalue weighted by Gasteiger charge is 2.10. The highest BCUT2D eigenvalue weighted by atomic mass is 19.1. The van der Waals surface area contributed by atoms with Gasteiger partial charge in [0, 0.05) is 18.6 Å². The summed E-state index contributed by atoms with van der Waals surface area (Å²) >= 11 is 0. The fraction of sp³-hybridized carbons (Fsp3) is 0.273. The van der Waals surface area contributed by atoms with Crippen LogP contribution in [-0.2, 0) is 4.74 Å². The monoisotopic (exact) mass is 253 g/mol. The molecule has 2 N–H and O–H groups in total. The van der Waals surface area contributed by atoms with E-state index < -0.39 is 5.82 Å². The predicted octanol–water partition coefficient (Wildman–Crippen LogP) is 1.54. The number of H-pyrrole nitrogens is 1. The van der Waals surface area contributed by atoms with E-state index in [4.69, 9.17) is 14.7 Å². The third kappa shape index (κ3) is 2.40. The van der Waals surface area contributed by atoms with Crippen LogP contribution in [0.5, 0.6) is 5.75 Å². The molecule has 1 heterocycles. The fourth-order valence-electron chi connectivity index (χ4n) is 1.53. The number of oxime groups is 1. The molecular weight excluding hydrogens is 241 g/mol. The second-order valence-electron chi connectivity index (χ2n) is 3.52. The average molecular weight is 253 g/mol. The molecule has 1 aromatic heterocycles. The van der Waals surface area contributed by atoms with Crippen molar-refractivity contribution in [3.8, 4) is 5.75 Å². The van der Waals surface area contributed by atoms with Crippen molar-refractivity contribution in [2.45, 2.75) is 0 Å². The molecule has 18 heavy (non-hydrogen) atoms. The summed E-state index contributed by atoms with van der Waals surface area (Å²) in [5.41, 5.74) is 0.952. The van der Waals surface area contributed by atoms with Crippen molar-refractivity contribution >= 4 is 17.1 Å². The first-order chi connectivity index (χ1) is 8.76. The van der Waals surface area contributed by atoms with Crippen LogP contribution in [0.25, 0.3) is 10.9 Å². The van der Waals surface area contributed by atoms with Crippen LogP contribution in [0.4, 0.5) is 4.39 Å². The first-order valence-electron chi connectivity index (χ1n) is 5.23. The van der Waals surface area contributed by atoms with E-state index in [-0.39, 0.29) is 12.4 Å². The molecule has 0 aliphatic rings. The van der Waals surface area contributed by atoms with Gasteiger partial charge in [-0.15, -0.1) is 0 Å². The average Bonchev–Trinajstić information content (AvgIpc) is 2.73. The van der Waals surface area contributed by atoms with Crippen molar-refractivity contribution < 1.29 is 19.1 Å². The van der Waals surface area contributed by atoms with Crippen molar-refractivity contribution in [2.24, 2.45) is 5.16 Å². The molecule has 0 bridgehead atoms. The van der Waals surface area contributed by atoms with E-state index in [2.05, 4.69) is 15.4 Å². The van der Waals surface area contributed by atoms with Gasteiger partial charge in [-0.25, -0.2) is 4.39 Å². The van der Waals surface area contributed by atoms with E-state index in [1.54, 1.807) is 0 Å². The van der Waals surface area contributed by atoms with Gasteiger partial charge in [-0.2, -0.15) is 5.10 Å². The van der Waals surface area contributed by atoms with Crippen LogP contribution in [0.2, 0.25) is 0 Å². The van der Waals surface area contributed by atoms with Crippen molar-refractivity contribution in [1.29, 1.82) is 0 Å². The molecular formula is C11H12FN3O3. The Kier molecular flexibility index (Phi) is 3.73. The van der Waals surface area contributed by atoms with E-state index in [1.807, 2.05) is 0 Å². The SMILES string of the molecule is COCCOc1cc2n[nH]c(/C=N/O)c2cc1F. The Labute approximate surface area is 102 Å². The Bertz CT molecular complexity index is 568. The lowest BCUT2D eigenvalue weighted by Crippen LogP contribution is -2.05. The zero-order valence-corrected chi connectivity index (χ0v) is 9.68. The van der Waals surface area contributed by atoms with E-state index in [0.29, 0.717) is 23.2 Å². The van der Waals surface area contributed by atoms with Crippen LogP contribution in [0.1, 0.15) is 5.69 Å². The molecule has 2 aromatic rings. The maximum absolute atomic E-state index is 13.7. The summed E-state index contributed by atoms with van der Waals surface area (Å²) in [6.45, 7) is 0.634. The summed E-state index contributed by atoms with van der Waals surface area (Å²) in [6, 6.07) is 2.75. The zero-order chi connectivity index (χ0) is 13.0. The van der Waals surface area contributed by atoms with E-state index in [9.17, 15) is 4.39 Å². The molecule has 6 nitrogen and oxygen atoms in total. The Morgan fingerprint density at radius 2 is 2.33 bits per heavy atom. The maximum Gasteiger partial charge on any atom is 0.165 e. The minimum Gasteiger partial charge on any atom is -0.488 e. The summed E-state index contributed by atoms with van der Waals surface area (Å²) in [7, 11) is 1.54. The van der Waals surface area contributed by atoms with Crippen molar-refractivity contribution in [3.05, 3.63) is 23.6 Å². The molecule has 0 aliphatic carbocycles. The zero-order valence-electron chi connectivity index (χ0n) is 9.68. The van der Waals surface area contributed by atoms with Crippen LogP contribution in [0.15, 0.2) is 17.3 Å². The summed E-state index contributed by atoms with van der Waals surface area (Å²) in [5.74, 6) is -0.397. The third-order valence-electron chi connectivity index (χ3n) is 2.37. The van der Waals surface area contributed by atoms with Crippen LogP contribution in [0.3, 0.4) is 0 Å². The minimum absolute atomic E-state index is 0.110. The molecule has 96 valence electrons. The molecule has 0 fully saturated rings. The van der Waals surface area contributed by atoms with Gasteiger partial charge < -0.3 is 14.7 Å². The normalized spacial score (nSPS) is 11.4. The lowest BCUT2D eigenvalue weighted by atomic mass is 10.2. The molecule has 0 atom stereocenters. The van der Waals surface area contributed by atoms with Crippen molar-refractivity contribution in [3.63, 3.8) is 0 Å². The number of nitrogens with zero attached hydrogens (tertiary/aromatic N) is 2. The van der Waals surface area contributed by atoms with Gasteiger partial charge in [0.2, 0.25) is 0 Å². The van der Waals surface area contributed by atoms with Crippen LogP contribution in [0, 0.1) is 5.82 Å². The summed E-state index contributed by atoms with van der Waals surface area (Å²) in [4.78, 5) is 0. The smallest absolute Gasteiger partial charge is 0.165 e. The number of hydrogen-bond donors (Lipinski definition) is 2. The number of benzene rings is 1. The molecule has 1 aromatic carbocycles. The Morgan fingerprint density at radius 1 is 1.50 bits per heavy atom. The number of ether oxygens (including phenoxy) is 2. The highest BCUT2D eigenvalue weighted by molar-refractivity contribution is 5.97. The van der Waals surface area contributed by atoms with Gasteiger partial charge in [0.25, 0.3) is 0 Å². The number of aromatic amines is 1. The minimum atomic E-state index is -0.507. The molecule has 0 radical (unpaired) electrons. The highest BCUT2D eigenvalue weighted by Crippen LogP contribution is 2.25. The van der Waals surface area contributed by atoms with Crippen LogP contribution >= 0.6 is 0 Å². The lowest BCUT2D eigenvalue weighted by Gasteiger charge is -2.06. The number of halogens is 1. The van der Waals surface area contributed by atoms with Crippen molar-refractivity contribution in [1.82, 2.24) is 10.2 Å². The van der Waals surface area contributed by atoms with Gasteiger partial charge in [0.15, 0.2) is 11.6 Å². The van der Waals surface area contributed by atoms with Gasteiger partial charge in [0.05, 0.1) is 24.0 Å². The molecule has 0 aliphatic heterocycles. The molecule has 2 rings (SSSR count). The number of fused-ring (bicyclic) bond motifs is 1. The molecule has 0 amide bonds. The molecule has 0 spiro atoms. The second-order valence-corrected chi connectivity index (χ2v) is 3.52.